The number of imidazole rings is 1. The Balaban J connectivity index is 1.38. The molecule has 2 aromatic heterocycles. The molecule has 0 unspecified atom stereocenters. The van der Waals surface area contributed by atoms with Crippen molar-refractivity contribution < 1.29 is 9.84 Å². The lowest BCUT2D eigenvalue weighted by Gasteiger charge is -2.18. The maximum atomic E-state index is 10.4. The first-order valence-corrected chi connectivity index (χ1v) is 10.8. The van der Waals surface area contributed by atoms with Crippen LogP contribution < -0.4 is 10.1 Å². The number of ether oxygens (including phenoxy) is 1. The fourth-order valence-corrected chi connectivity index (χ4v) is 4.17. The zero-order valence-corrected chi connectivity index (χ0v) is 18.8. The summed E-state index contributed by atoms with van der Waals surface area (Å²) in [6.07, 6.45) is 0.714. The van der Waals surface area contributed by atoms with Gasteiger partial charge in [-0.3, -0.25) is 4.57 Å². The van der Waals surface area contributed by atoms with Gasteiger partial charge in [-0.25, -0.2) is 9.97 Å². The minimum Gasteiger partial charge on any atom is -0.507 e. The fraction of sp³-hybridized carbons (Fsp3) is 0.280. The summed E-state index contributed by atoms with van der Waals surface area (Å²) in [5, 5.41) is 22.9. The summed E-state index contributed by atoms with van der Waals surface area (Å²) in [5.74, 6) is 1.53. The maximum Gasteiger partial charge on any atom is 0.299 e. The Bertz CT molecular complexity index is 1420. The van der Waals surface area contributed by atoms with Crippen LogP contribution in [-0.4, -0.2) is 37.8 Å². The second-order valence-electron chi connectivity index (χ2n) is 8.84. The monoisotopic (exact) mass is 440 g/mol. The van der Waals surface area contributed by atoms with Crippen molar-refractivity contribution in [2.24, 2.45) is 0 Å². The van der Waals surface area contributed by atoms with Crippen LogP contribution in [0.15, 0.2) is 42.5 Å². The molecule has 0 saturated heterocycles. The third kappa shape index (κ3) is 3.72. The number of rotatable bonds is 5. The highest BCUT2D eigenvalue weighted by Gasteiger charge is 2.35. The number of aromatic nitrogens is 4. The molecule has 33 heavy (non-hydrogen) atoms. The van der Waals surface area contributed by atoms with Gasteiger partial charge in [-0.2, -0.15) is 10.2 Å². The van der Waals surface area contributed by atoms with E-state index in [1.807, 2.05) is 35.8 Å². The molecule has 0 aliphatic carbocycles. The minimum absolute atomic E-state index is 0.185. The Kier molecular flexibility index (Phi) is 4.90. The number of benzene rings is 2. The first-order valence-electron chi connectivity index (χ1n) is 10.8. The largest absolute Gasteiger partial charge is 0.507 e. The number of anilines is 1. The zero-order chi connectivity index (χ0) is 23.2. The maximum absolute atomic E-state index is 10.4. The molecule has 166 valence electrons. The van der Waals surface area contributed by atoms with Crippen molar-refractivity contribution in [2.75, 3.05) is 18.5 Å². The number of phenolic OH excluding ortho intramolecular Hbond substituents is 1. The fourth-order valence-electron chi connectivity index (χ4n) is 4.17. The van der Waals surface area contributed by atoms with Crippen LogP contribution in [0.4, 0.5) is 5.82 Å². The standard InChI is InChI=1S/C25H24N6O2/c1-15-28-22(21-23(29-15)31-24(30-21)33-14-25(31,2)3)27-10-9-16-7-8-20(32)19(12-16)18-6-4-5-17(11-18)13-26/h4-8,11-12,32H,9-10,14H2,1-3H3,(H,27,28,29). The Labute approximate surface area is 191 Å². The number of nitrogens with zero attached hydrogens (tertiary/aromatic N) is 5. The second kappa shape index (κ2) is 7.78. The predicted octanol–water partition coefficient (Wildman–Crippen LogP) is 4.16. The van der Waals surface area contributed by atoms with E-state index >= 15 is 0 Å². The van der Waals surface area contributed by atoms with Gasteiger partial charge in [0.25, 0.3) is 6.01 Å². The Hall–Kier alpha value is -4.12. The first kappa shape index (κ1) is 20.8. The van der Waals surface area contributed by atoms with Crippen LogP contribution in [0.25, 0.3) is 22.3 Å². The molecule has 3 heterocycles. The van der Waals surface area contributed by atoms with Crippen LogP contribution in [-0.2, 0) is 12.0 Å². The topological polar surface area (TPSA) is 109 Å². The van der Waals surface area contributed by atoms with E-state index in [4.69, 9.17) is 4.74 Å². The van der Waals surface area contributed by atoms with Gasteiger partial charge >= 0.3 is 0 Å². The van der Waals surface area contributed by atoms with Crippen LogP contribution in [0, 0.1) is 18.3 Å². The average molecular weight is 441 g/mol. The highest BCUT2D eigenvalue weighted by Crippen LogP contribution is 2.36. The number of hydrogen-bond acceptors (Lipinski definition) is 7. The number of nitriles is 1. The summed E-state index contributed by atoms with van der Waals surface area (Å²) in [5.41, 5.74) is 4.37. The molecule has 0 amide bonds. The van der Waals surface area contributed by atoms with Crippen molar-refractivity contribution in [3.63, 3.8) is 0 Å². The average Bonchev–Trinajstić information content (AvgIpc) is 3.32. The molecule has 8 heteroatoms. The Morgan fingerprint density at radius 3 is 2.85 bits per heavy atom. The second-order valence-corrected chi connectivity index (χ2v) is 8.84. The third-order valence-electron chi connectivity index (χ3n) is 5.82. The Morgan fingerprint density at radius 1 is 1.18 bits per heavy atom. The minimum atomic E-state index is -0.215. The first-order chi connectivity index (χ1) is 15.9. The van der Waals surface area contributed by atoms with Crippen LogP contribution in [0.3, 0.4) is 0 Å². The van der Waals surface area contributed by atoms with Gasteiger partial charge in [-0.1, -0.05) is 18.2 Å². The van der Waals surface area contributed by atoms with E-state index in [1.54, 1.807) is 18.2 Å². The van der Waals surface area contributed by atoms with E-state index in [2.05, 4.69) is 40.2 Å². The van der Waals surface area contributed by atoms with Crippen molar-refractivity contribution in [1.29, 1.82) is 5.26 Å². The van der Waals surface area contributed by atoms with Crippen LogP contribution in [0.1, 0.15) is 30.8 Å². The lowest BCUT2D eigenvalue weighted by molar-refractivity contribution is 0.268. The highest BCUT2D eigenvalue weighted by molar-refractivity contribution is 5.84. The highest BCUT2D eigenvalue weighted by atomic mass is 16.5. The van der Waals surface area contributed by atoms with Gasteiger partial charge in [-0.15, -0.1) is 0 Å². The van der Waals surface area contributed by atoms with Crippen LogP contribution in [0.5, 0.6) is 11.8 Å². The smallest absolute Gasteiger partial charge is 0.299 e. The molecular weight excluding hydrogens is 416 g/mol. The molecule has 8 nitrogen and oxygen atoms in total. The van der Waals surface area contributed by atoms with Gasteiger partial charge < -0.3 is 15.2 Å². The van der Waals surface area contributed by atoms with Crippen LogP contribution >= 0.6 is 0 Å². The summed E-state index contributed by atoms with van der Waals surface area (Å²) >= 11 is 0. The molecule has 0 saturated carbocycles. The number of hydrogen-bond donors (Lipinski definition) is 2. The molecule has 1 aliphatic heterocycles. The van der Waals surface area contributed by atoms with E-state index in [0.717, 1.165) is 16.8 Å². The SMILES string of the molecule is Cc1nc(NCCc2ccc(O)c(-c3cccc(C#N)c3)c2)c2nc3n(c2n1)C(C)(C)CO3. The molecule has 0 fully saturated rings. The molecule has 1 aliphatic rings. The summed E-state index contributed by atoms with van der Waals surface area (Å²) in [6.45, 7) is 7.26. The lowest BCUT2D eigenvalue weighted by Crippen LogP contribution is -2.26. The molecular formula is C25H24N6O2. The molecule has 2 aromatic carbocycles. The number of nitrogens with one attached hydrogen (secondary N) is 1. The number of phenols is 1. The third-order valence-corrected chi connectivity index (χ3v) is 5.82. The van der Waals surface area contributed by atoms with Gasteiger partial charge in [0.15, 0.2) is 17.0 Å². The number of fused-ring (bicyclic) bond motifs is 3. The van der Waals surface area contributed by atoms with Crippen molar-refractivity contribution in [3.8, 4) is 29.0 Å². The number of aromatic hydroxyl groups is 1. The van der Waals surface area contributed by atoms with Gasteiger partial charge in [0.05, 0.1) is 17.2 Å². The van der Waals surface area contributed by atoms with E-state index in [0.29, 0.717) is 53.9 Å². The van der Waals surface area contributed by atoms with E-state index in [9.17, 15) is 10.4 Å². The summed E-state index contributed by atoms with van der Waals surface area (Å²) < 4.78 is 7.79. The molecule has 4 aromatic rings. The number of aryl methyl sites for hydroxylation is 1. The van der Waals surface area contributed by atoms with Crippen molar-refractivity contribution in [1.82, 2.24) is 19.5 Å². The molecule has 5 rings (SSSR count). The van der Waals surface area contributed by atoms with Gasteiger partial charge in [-0.05, 0) is 62.6 Å². The van der Waals surface area contributed by atoms with Crippen molar-refractivity contribution >= 4 is 17.0 Å². The summed E-state index contributed by atoms with van der Waals surface area (Å²) in [6, 6.07) is 15.5. The van der Waals surface area contributed by atoms with Crippen molar-refractivity contribution in [2.45, 2.75) is 32.7 Å². The van der Waals surface area contributed by atoms with Crippen molar-refractivity contribution in [3.05, 3.63) is 59.4 Å². The van der Waals surface area contributed by atoms with E-state index in [-0.39, 0.29) is 11.3 Å². The van der Waals surface area contributed by atoms with E-state index in [1.165, 1.54) is 0 Å². The van der Waals surface area contributed by atoms with Gasteiger partial charge in [0.1, 0.15) is 18.2 Å². The Morgan fingerprint density at radius 2 is 2.03 bits per heavy atom. The van der Waals surface area contributed by atoms with Gasteiger partial charge in [0, 0.05) is 12.1 Å². The summed E-state index contributed by atoms with van der Waals surface area (Å²) in [7, 11) is 0. The molecule has 0 bridgehead atoms. The van der Waals surface area contributed by atoms with Gasteiger partial charge in [0.2, 0.25) is 0 Å². The van der Waals surface area contributed by atoms with E-state index < -0.39 is 0 Å². The lowest BCUT2D eigenvalue weighted by atomic mass is 9.99. The summed E-state index contributed by atoms with van der Waals surface area (Å²) in [4.78, 5) is 13.8. The predicted molar refractivity (Wildman–Crippen MR) is 125 cm³/mol. The zero-order valence-electron chi connectivity index (χ0n) is 18.8. The molecule has 0 atom stereocenters. The normalized spacial score (nSPS) is 14.0. The molecule has 0 radical (unpaired) electrons. The quantitative estimate of drug-likeness (QED) is 0.479. The molecule has 0 spiro atoms. The molecule has 2 N–H and O–H groups in total. The van der Waals surface area contributed by atoms with Crippen LogP contribution in [0.2, 0.25) is 0 Å².